The summed E-state index contributed by atoms with van der Waals surface area (Å²) in [6, 6.07) is 5.37. The Balaban J connectivity index is 1.84. The molecule has 98 valence electrons. The molecule has 2 fully saturated rings. The molecule has 0 aromatic heterocycles. The zero-order valence-corrected chi connectivity index (χ0v) is 12.6. The van der Waals surface area contributed by atoms with Gasteiger partial charge in [-0.15, -0.1) is 11.6 Å². The SMILES string of the molecule is Fc1ccc(CC2(CCl)CC3CCC2C3)cc1Br. The van der Waals surface area contributed by atoms with Crippen LogP contribution < -0.4 is 0 Å². The molecule has 0 aliphatic heterocycles. The molecule has 0 heterocycles. The van der Waals surface area contributed by atoms with Crippen LogP contribution in [0, 0.1) is 23.1 Å². The Hall–Kier alpha value is -0.0800. The number of hydrogen-bond donors (Lipinski definition) is 0. The Labute approximate surface area is 121 Å². The third-order valence-electron chi connectivity index (χ3n) is 4.91. The van der Waals surface area contributed by atoms with Gasteiger partial charge in [0.2, 0.25) is 0 Å². The average molecular weight is 332 g/mol. The van der Waals surface area contributed by atoms with E-state index in [1.165, 1.54) is 31.2 Å². The molecule has 3 atom stereocenters. The van der Waals surface area contributed by atoms with Gasteiger partial charge in [-0.2, -0.15) is 0 Å². The highest BCUT2D eigenvalue weighted by Gasteiger charge is 2.50. The van der Waals surface area contributed by atoms with Gasteiger partial charge in [-0.3, -0.25) is 0 Å². The highest BCUT2D eigenvalue weighted by atomic mass is 79.9. The third kappa shape index (κ3) is 2.12. The lowest BCUT2D eigenvalue weighted by Crippen LogP contribution is -2.32. The van der Waals surface area contributed by atoms with E-state index in [0.717, 1.165) is 24.1 Å². The Kier molecular flexibility index (Phi) is 3.44. The van der Waals surface area contributed by atoms with E-state index in [4.69, 9.17) is 11.6 Å². The molecule has 0 radical (unpaired) electrons. The number of halogens is 3. The molecule has 2 saturated carbocycles. The molecule has 2 bridgehead atoms. The maximum Gasteiger partial charge on any atom is 0.137 e. The summed E-state index contributed by atoms with van der Waals surface area (Å²) in [4.78, 5) is 0. The predicted molar refractivity (Wildman–Crippen MR) is 76.4 cm³/mol. The summed E-state index contributed by atoms with van der Waals surface area (Å²) >= 11 is 9.56. The lowest BCUT2D eigenvalue weighted by Gasteiger charge is -2.36. The van der Waals surface area contributed by atoms with Crippen LogP contribution in [0.2, 0.25) is 0 Å². The zero-order chi connectivity index (χ0) is 12.8. The van der Waals surface area contributed by atoms with E-state index in [1.54, 1.807) is 6.07 Å². The number of fused-ring (bicyclic) bond motifs is 2. The van der Waals surface area contributed by atoms with Gasteiger partial charge in [0.1, 0.15) is 5.82 Å². The van der Waals surface area contributed by atoms with Crippen LogP contribution >= 0.6 is 27.5 Å². The van der Waals surface area contributed by atoms with Gasteiger partial charge in [-0.1, -0.05) is 12.5 Å². The van der Waals surface area contributed by atoms with Crippen molar-refractivity contribution in [3.8, 4) is 0 Å². The van der Waals surface area contributed by atoms with Crippen molar-refractivity contribution >= 4 is 27.5 Å². The second-order valence-corrected chi connectivity index (χ2v) is 7.12. The Bertz CT molecular complexity index is 462. The molecule has 1 aromatic carbocycles. The number of rotatable bonds is 3. The minimum Gasteiger partial charge on any atom is -0.206 e. The normalized spacial score (nSPS) is 34.2. The summed E-state index contributed by atoms with van der Waals surface area (Å²) in [5.74, 6) is 2.22. The van der Waals surface area contributed by atoms with Crippen LogP contribution in [0.25, 0.3) is 0 Å². The molecule has 2 aliphatic carbocycles. The fraction of sp³-hybridized carbons (Fsp3) is 0.600. The van der Waals surface area contributed by atoms with Crippen molar-refractivity contribution in [3.05, 3.63) is 34.1 Å². The predicted octanol–water partition coefficient (Wildman–Crippen LogP) is 5.18. The molecule has 0 saturated heterocycles. The first-order valence-electron chi connectivity index (χ1n) is 6.63. The second kappa shape index (κ2) is 4.79. The van der Waals surface area contributed by atoms with Crippen molar-refractivity contribution in [1.82, 2.24) is 0 Å². The van der Waals surface area contributed by atoms with Crippen molar-refractivity contribution in [1.29, 1.82) is 0 Å². The minimum atomic E-state index is -0.188. The lowest BCUT2D eigenvalue weighted by molar-refractivity contribution is 0.193. The smallest absolute Gasteiger partial charge is 0.137 e. The number of benzene rings is 1. The van der Waals surface area contributed by atoms with Crippen LogP contribution in [0.3, 0.4) is 0 Å². The molecule has 0 nitrogen and oxygen atoms in total. The molecule has 18 heavy (non-hydrogen) atoms. The van der Waals surface area contributed by atoms with Gasteiger partial charge in [0, 0.05) is 5.88 Å². The van der Waals surface area contributed by atoms with Crippen LogP contribution in [0.15, 0.2) is 22.7 Å². The molecular weight excluding hydrogens is 315 g/mol. The summed E-state index contributed by atoms with van der Waals surface area (Å²) < 4.78 is 13.8. The first kappa shape index (κ1) is 12.9. The van der Waals surface area contributed by atoms with Crippen molar-refractivity contribution < 1.29 is 4.39 Å². The van der Waals surface area contributed by atoms with Gasteiger partial charge in [-0.05, 0) is 76.6 Å². The van der Waals surface area contributed by atoms with E-state index >= 15 is 0 Å². The summed E-state index contributed by atoms with van der Waals surface area (Å²) in [6.07, 6.45) is 6.33. The standard InChI is InChI=1S/C15H17BrClF/c16-13-6-11(2-4-14(13)18)8-15(9-17)7-10-1-3-12(15)5-10/h2,4,6,10,12H,1,3,5,7-9H2. The first-order chi connectivity index (χ1) is 8.63. The van der Waals surface area contributed by atoms with Crippen LogP contribution in [-0.2, 0) is 6.42 Å². The van der Waals surface area contributed by atoms with E-state index < -0.39 is 0 Å². The highest BCUT2D eigenvalue weighted by molar-refractivity contribution is 9.10. The zero-order valence-electron chi connectivity index (χ0n) is 10.3. The van der Waals surface area contributed by atoms with Gasteiger partial charge in [0.15, 0.2) is 0 Å². The molecule has 3 rings (SSSR count). The molecule has 0 spiro atoms. The van der Waals surface area contributed by atoms with Crippen LogP contribution in [-0.4, -0.2) is 5.88 Å². The molecule has 3 unspecified atom stereocenters. The second-order valence-electron chi connectivity index (χ2n) is 6.00. The van der Waals surface area contributed by atoms with Gasteiger partial charge < -0.3 is 0 Å². The van der Waals surface area contributed by atoms with E-state index in [0.29, 0.717) is 4.47 Å². The van der Waals surface area contributed by atoms with Crippen molar-refractivity contribution in [2.75, 3.05) is 5.88 Å². The van der Waals surface area contributed by atoms with Gasteiger partial charge in [0.25, 0.3) is 0 Å². The largest absolute Gasteiger partial charge is 0.206 e. The van der Waals surface area contributed by atoms with E-state index in [2.05, 4.69) is 15.9 Å². The molecule has 0 amide bonds. The summed E-state index contributed by atoms with van der Waals surface area (Å²) in [5.41, 5.74) is 1.47. The maximum absolute atomic E-state index is 13.3. The Morgan fingerprint density at radius 3 is 2.78 bits per heavy atom. The third-order valence-corrected chi connectivity index (χ3v) is 6.05. The minimum absolute atomic E-state index is 0.188. The van der Waals surface area contributed by atoms with E-state index in [1.807, 2.05) is 12.1 Å². The fourth-order valence-corrected chi connectivity index (χ4v) is 4.89. The van der Waals surface area contributed by atoms with E-state index in [-0.39, 0.29) is 11.2 Å². The van der Waals surface area contributed by atoms with Crippen LogP contribution in [0.5, 0.6) is 0 Å². The van der Waals surface area contributed by atoms with Gasteiger partial charge >= 0.3 is 0 Å². The van der Waals surface area contributed by atoms with Crippen molar-refractivity contribution in [2.45, 2.75) is 32.1 Å². The summed E-state index contributed by atoms with van der Waals surface area (Å²) in [5, 5.41) is 0. The Morgan fingerprint density at radius 1 is 1.39 bits per heavy atom. The highest BCUT2D eigenvalue weighted by Crippen LogP contribution is 2.57. The fourth-order valence-electron chi connectivity index (χ4n) is 4.04. The van der Waals surface area contributed by atoms with Crippen molar-refractivity contribution in [2.24, 2.45) is 17.3 Å². The lowest BCUT2D eigenvalue weighted by atomic mass is 9.71. The summed E-state index contributed by atoms with van der Waals surface area (Å²) in [6.45, 7) is 0. The topological polar surface area (TPSA) is 0 Å². The quantitative estimate of drug-likeness (QED) is 0.670. The molecule has 1 aromatic rings. The Morgan fingerprint density at radius 2 is 2.22 bits per heavy atom. The first-order valence-corrected chi connectivity index (χ1v) is 7.95. The van der Waals surface area contributed by atoms with Crippen LogP contribution in [0.4, 0.5) is 4.39 Å². The van der Waals surface area contributed by atoms with E-state index in [9.17, 15) is 4.39 Å². The maximum atomic E-state index is 13.3. The average Bonchev–Trinajstić information content (AvgIpc) is 2.94. The van der Waals surface area contributed by atoms with Crippen molar-refractivity contribution in [3.63, 3.8) is 0 Å². The molecule has 3 heteroatoms. The molecule has 0 N–H and O–H groups in total. The number of hydrogen-bond acceptors (Lipinski definition) is 0. The van der Waals surface area contributed by atoms with Gasteiger partial charge in [-0.25, -0.2) is 4.39 Å². The van der Waals surface area contributed by atoms with Gasteiger partial charge in [0.05, 0.1) is 4.47 Å². The van der Waals surface area contributed by atoms with Crippen LogP contribution in [0.1, 0.15) is 31.2 Å². The molecular formula is C15H17BrClF. The monoisotopic (exact) mass is 330 g/mol. The summed E-state index contributed by atoms with van der Waals surface area (Å²) in [7, 11) is 0. The molecule has 2 aliphatic rings. The number of alkyl halides is 1.